The molecule has 0 saturated carbocycles. The van der Waals surface area contributed by atoms with Gasteiger partial charge in [0.25, 0.3) is 0 Å². The van der Waals surface area contributed by atoms with Crippen LogP contribution < -0.4 is 15.2 Å². The second-order valence-corrected chi connectivity index (χ2v) is 8.75. The zero-order chi connectivity index (χ0) is 22.0. The van der Waals surface area contributed by atoms with Gasteiger partial charge in [0.15, 0.2) is 0 Å². The van der Waals surface area contributed by atoms with Gasteiger partial charge in [-0.25, -0.2) is 0 Å². The van der Waals surface area contributed by atoms with Gasteiger partial charge in [0.05, 0.1) is 0 Å². The van der Waals surface area contributed by atoms with Crippen LogP contribution in [0.5, 0.6) is 5.75 Å². The average molecular weight is 442 g/mol. The third-order valence-corrected chi connectivity index (χ3v) is 6.10. The monoisotopic (exact) mass is 441 g/mol. The smallest absolute Gasteiger partial charge is 0.248 e. The number of nitrogens with zero attached hydrogens (tertiary/aromatic N) is 2. The van der Waals surface area contributed by atoms with Crippen molar-refractivity contribution in [1.29, 1.82) is 0 Å². The van der Waals surface area contributed by atoms with E-state index in [-0.39, 0.29) is 12.2 Å². The van der Waals surface area contributed by atoms with Crippen molar-refractivity contribution >= 4 is 28.2 Å². The number of aliphatic hydroxyl groups excluding tert-OH is 1. The number of β-amino-alcohol motifs (C(OH)–C–C–N with tert-alkyl or cyclic N) is 1. The number of ether oxygens (including phenoxy) is 1. The Kier molecular flexibility index (Phi) is 6.51. The van der Waals surface area contributed by atoms with Crippen molar-refractivity contribution in [2.75, 3.05) is 31.1 Å². The van der Waals surface area contributed by atoms with E-state index in [2.05, 4.69) is 40.8 Å². The predicted molar refractivity (Wildman–Crippen MR) is 125 cm³/mol. The highest BCUT2D eigenvalue weighted by Gasteiger charge is 2.31. The van der Waals surface area contributed by atoms with Crippen molar-refractivity contribution in [2.24, 2.45) is 0 Å². The van der Waals surface area contributed by atoms with Gasteiger partial charge >= 0.3 is 0 Å². The SMILES string of the molecule is CC1CN(c2ccc(Cl)cc2)CC(C)N1C[C@H](O)COc1ccc2[nH]c(=O)ccc2c1. The molecule has 1 saturated heterocycles. The molecule has 3 aromatic rings. The minimum absolute atomic E-state index is 0.129. The summed E-state index contributed by atoms with van der Waals surface area (Å²) in [4.78, 5) is 18.9. The van der Waals surface area contributed by atoms with E-state index in [1.165, 1.54) is 11.8 Å². The number of benzene rings is 2. The Labute approximate surface area is 187 Å². The van der Waals surface area contributed by atoms with E-state index in [0.29, 0.717) is 24.4 Å². The number of aromatic nitrogens is 1. The molecule has 6 nitrogen and oxygen atoms in total. The Morgan fingerprint density at radius 3 is 2.52 bits per heavy atom. The molecule has 2 N–H and O–H groups in total. The molecule has 3 atom stereocenters. The largest absolute Gasteiger partial charge is 0.491 e. The number of halogens is 1. The molecule has 1 aliphatic rings. The number of anilines is 1. The summed E-state index contributed by atoms with van der Waals surface area (Å²) in [5.41, 5.74) is 1.81. The van der Waals surface area contributed by atoms with E-state index in [4.69, 9.17) is 16.3 Å². The molecule has 0 bridgehead atoms. The summed E-state index contributed by atoms with van der Waals surface area (Å²) in [5.74, 6) is 0.673. The van der Waals surface area contributed by atoms with E-state index in [1.54, 1.807) is 12.1 Å². The van der Waals surface area contributed by atoms with Gasteiger partial charge in [0.1, 0.15) is 18.5 Å². The summed E-state index contributed by atoms with van der Waals surface area (Å²) in [6.07, 6.45) is -0.599. The first-order valence-electron chi connectivity index (χ1n) is 10.6. The summed E-state index contributed by atoms with van der Waals surface area (Å²) in [7, 11) is 0. The number of aromatic amines is 1. The lowest BCUT2D eigenvalue weighted by atomic mass is 10.1. The van der Waals surface area contributed by atoms with Crippen LogP contribution in [0.15, 0.2) is 59.4 Å². The van der Waals surface area contributed by atoms with Crippen molar-refractivity contribution in [3.63, 3.8) is 0 Å². The lowest BCUT2D eigenvalue weighted by Gasteiger charge is -2.46. The quantitative estimate of drug-likeness (QED) is 0.612. The van der Waals surface area contributed by atoms with Crippen LogP contribution in [-0.4, -0.2) is 59.4 Å². The normalized spacial score (nSPS) is 20.7. The van der Waals surface area contributed by atoms with E-state index >= 15 is 0 Å². The number of fused-ring (bicyclic) bond motifs is 1. The Bertz CT molecular complexity index is 1070. The molecular weight excluding hydrogens is 414 g/mol. The topological polar surface area (TPSA) is 68.8 Å². The third kappa shape index (κ3) is 5.21. The van der Waals surface area contributed by atoms with Crippen molar-refractivity contribution in [1.82, 2.24) is 9.88 Å². The van der Waals surface area contributed by atoms with Crippen LogP contribution in [0.25, 0.3) is 10.9 Å². The van der Waals surface area contributed by atoms with Gasteiger partial charge in [-0.2, -0.15) is 0 Å². The molecule has 0 radical (unpaired) electrons. The van der Waals surface area contributed by atoms with Crippen molar-refractivity contribution in [3.05, 3.63) is 70.0 Å². The maximum atomic E-state index is 11.4. The van der Waals surface area contributed by atoms with Gasteiger partial charge in [-0.3, -0.25) is 9.69 Å². The second kappa shape index (κ2) is 9.30. The Morgan fingerprint density at radius 1 is 1.10 bits per heavy atom. The molecule has 31 heavy (non-hydrogen) atoms. The fourth-order valence-corrected chi connectivity index (χ4v) is 4.42. The Balaban J connectivity index is 1.33. The second-order valence-electron chi connectivity index (χ2n) is 8.31. The predicted octanol–water partition coefficient (Wildman–Crippen LogP) is 3.52. The van der Waals surface area contributed by atoms with Gasteiger partial charge in [0, 0.05) is 59.4 Å². The molecule has 4 rings (SSSR count). The highest BCUT2D eigenvalue weighted by Crippen LogP contribution is 2.24. The number of H-pyrrole nitrogens is 1. The van der Waals surface area contributed by atoms with Crippen LogP contribution in [0.2, 0.25) is 5.02 Å². The number of rotatable bonds is 6. The molecule has 0 spiro atoms. The maximum Gasteiger partial charge on any atom is 0.248 e. The summed E-state index contributed by atoms with van der Waals surface area (Å²) >= 11 is 6.02. The Morgan fingerprint density at radius 2 is 1.81 bits per heavy atom. The lowest BCUT2D eigenvalue weighted by Crippen LogP contribution is -2.58. The number of pyridine rings is 1. The lowest BCUT2D eigenvalue weighted by molar-refractivity contribution is 0.0318. The first-order valence-corrected chi connectivity index (χ1v) is 11.0. The van der Waals surface area contributed by atoms with Crippen LogP contribution >= 0.6 is 11.6 Å². The van der Waals surface area contributed by atoms with E-state index in [0.717, 1.165) is 29.0 Å². The van der Waals surface area contributed by atoms with Crippen molar-refractivity contribution < 1.29 is 9.84 Å². The summed E-state index contributed by atoms with van der Waals surface area (Å²) in [6.45, 7) is 6.93. The molecule has 0 amide bonds. The molecule has 1 fully saturated rings. The van der Waals surface area contributed by atoms with Gasteiger partial charge in [0.2, 0.25) is 5.56 Å². The molecule has 2 aromatic carbocycles. The van der Waals surface area contributed by atoms with Gasteiger partial charge in [-0.05, 0) is 62.4 Å². The maximum absolute atomic E-state index is 11.4. The Hall–Kier alpha value is -2.54. The van der Waals surface area contributed by atoms with Gasteiger partial charge in [-0.1, -0.05) is 11.6 Å². The molecular formula is C24H28ClN3O3. The molecule has 2 unspecified atom stereocenters. The van der Waals surface area contributed by atoms with Crippen LogP contribution in [0, 0.1) is 0 Å². The van der Waals surface area contributed by atoms with E-state index in [1.807, 2.05) is 24.3 Å². The zero-order valence-electron chi connectivity index (χ0n) is 17.8. The number of piperazine rings is 1. The molecule has 1 aromatic heterocycles. The number of aliphatic hydroxyl groups is 1. The van der Waals surface area contributed by atoms with Crippen LogP contribution in [0.3, 0.4) is 0 Å². The average Bonchev–Trinajstić information content (AvgIpc) is 2.75. The highest BCUT2D eigenvalue weighted by atomic mass is 35.5. The first-order chi connectivity index (χ1) is 14.9. The first kappa shape index (κ1) is 21.7. The van der Waals surface area contributed by atoms with Gasteiger partial charge in [-0.15, -0.1) is 0 Å². The van der Waals surface area contributed by atoms with Crippen LogP contribution in [-0.2, 0) is 0 Å². The number of hydrogen-bond acceptors (Lipinski definition) is 5. The fraction of sp³-hybridized carbons (Fsp3) is 0.375. The number of nitrogens with one attached hydrogen (secondary N) is 1. The summed E-state index contributed by atoms with van der Waals surface area (Å²) in [5, 5.41) is 12.3. The highest BCUT2D eigenvalue weighted by molar-refractivity contribution is 6.30. The molecule has 2 heterocycles. The minimum Gasteiger partial charge on any atom is -0.491 e. The molecule has 7 heteroatoms. The molecule has 1 aliphatic heterocycles. The minimum atomic E-state index is -0.599. The molecule has 164 valence electrons. The standard InChI is InChI=1S/C24H28ClN3O3/c1-16-12-27(20-6-4-19(25)5-7-20)13-17(2)28(16)14-21(29)15-31-22-8-9-23-18(11-22)3-10-24(30)26-23/h3-11,16-17,21,29H,12-15H2,1-2H3,(H,26,30)/t16?,17?,21-/m0/s1. The van der Waals surface area contributed by atoms with Crippen LogP contribution in [0.1, 0.15) is 13.8 Å². The van der Waals surface area contributed by atoms with Crippen LogP contribution in [0.4, 0.5) is 5.69 Å². The van der Waals surface area contributed by atoms with E-state index in [9.17, 15) is 9.90 Å². The third-order valence-electron chi connectivity index (χ3n) is 5.85. The fourth-order valence-electron chi connectivity index (χ4n) is 4.29. The van der Waals surface area contributed by atoms with Crippen molar-refractivity contribution in [2.45, 2.75) is 32.0 Å². The summed E-state index contributed by atoms with van der Waals surface area (Å²) < 4.78 is 5.83. The molecule has 0 aliphatic carbocycles. The van der Waals surface area contributed by atoms with E-state index < -0.39 is 6.10 Å². The van der Waals surface area contributed by atoms with Gasteiger partial charge < -0.3 is 19.7 Å². The van der Waals surface area contributed by atoms with Crippen molar-refractivity contribution in [3.8, 4) is 5.75 Å². The zero-order valence-corrected chi connectivity index (χ0v) is 18.5. The number of hydrogen-bond donors (Lipinski definition) is 2. The summed E-state index contributed by atoms with van der Waals surface area (Å²) in [6, 6.07) is 17.3.